The van der Waals surface area contributed by atoms with E-state index in [1.807, 2.05) is 26.8 Å². The Kier molecular flexibility index (Phi) is 7.67. The molecule has 2 aromatic rings. The number of carbonyl (C=O) groups excluding carboxylic acids is 1. The average molecular weight is 512 g/mol. The zero-order valence-corrected chi connectivity index (χ0v) is 22.1. The number of benzene rings is 2. The number of hydrogen-bond donors (Lipinski definition) is 0. The fourth-order valence-electron chi connectivity index (χ4n) is 4.85. The lowest BCUT2D eigenvalue weighted by Gasteiger charge is -2.34. The van der Waals surface area contributed by atoms with Gasteiger partial charge in [-0.25, -0.2) is 9.18 Å². The minimum absolute atomic E-state index is 0.0465. The van der Waals surface area contributed by atoms with Gasteiger partial charge in [0, 0.05) is 19.2 Å². The van der Waals surface area contributed by atoms with Crippen LogP contribution in [0.4, 0.5) is 14.9 Å². The van der Waals surface area contributed by atoms with E-state index in [9.17, 15) is 9.18 Å². The number of ether oxygens (including phenoxy) is 4. The van der Waals surface area contributed by atoms with Crippen LogP contribution in [0.1, 0.15) is 43.0 Å². The molecule has 4 rings (SSSR count). The van der Waals surface area contributed by atoms with Gasteiger partial charge in [-0.1, -0.05) is 0 Å². The number of fused-ring (bicyclic) bond motifs is 2. The predicted octanol–water partition coefficient (Wildman–Crippen LogP) is 4.63. The lowest BCUT2D eigenvalue weighted by molar-refractivity contribution is 0.0258. The lowest BCUT2D eigenvalue weighted by Crippen LogP contribution is -2.38. The zero-order valence-electron chi connectivity index (χ0n) is 22.1. The zero-order chi connectivity index (χ0) is 26.7. The highest BCUT2D eigenvalue weighted by atomic mass is 19.1. The van der Waals surface area contributed by atoms with Crippen molar-refractivity contribution in [3.63, 3.8) is 0 Å². The molecular weight excluding hydrogens is 477 g/mol. The van der Waals surface area contributed by atoms with Gasteiger partial charge in [-0.15, -0.1) is 0 Å². The third kappa shape index (κ3) is 5.85. The van der Waals surface area contributed by atoms with E-state index in [0.29, 0.717) is 32.8 Å². The van der Waals surface area contributed by atoms with Crippen LogP contribution in [-0.2, 0) is 17.6 Å². The Balaban J connectivity index is 1.48. The molecule has 9 heteroatoms. The van der Waals surface area contributed by atoms with Crippen LogP contribution in [-0.4, -0.2) is 63.1 Å². The van der Waals surface area contributed by atoms with E-state index < -0.39 is 11.4 Å². The molecule has 0 unspecified atom stereocenters. The first-order valence-corrected chi connectivity index (χ1v) is 12.5. The van der Waals surface area contributed by atoms with Crippen LogP contribution in [0.25, 0.3) is 0 Å². The minimum Gasteiger partial charge on any atom is -0.495 e. The number of halogens is 1. The molecule has 0 saturated carbocycles. The van der Waals surface area contributed by atoms with Gasteiger partial charge in [0.1, 0.15) is 36.4 Å². The van der Waals surface area contributed by atoms with Gasteiger partial charge in [-0.2, -0.15) is 5.26 Å². The first kappa shape index (κ1) is 26.4. The number of rotatable bonds is 5. The van der Waals surface area contributed by atoms with Crippen LogP contribution in [0.2, 0.25) is 0 Å². The minimum atomic E-state index is -0.601. The molecule has 0 spiro atoms. The number of methoxy groups -OCH3 is 1. The van der Waals surface area contributed by atoms with Crippen LogP contribution in [0, 0.1) is 24.1 Å². The van der Waals surface area contributed by atoms with Crippen molar-refractivity contribution in [1.29, 1.82) is 5.26 Å². The summed E-state index contributed by atoms with van der Waals surface area (Å²) in [7, 11) is 1.43. The van der Waals surface area contributed by atoms with E-state index in [1.165, 1.54) is 24.3 Å². The van der Waals surface area contributed by atoms with Crippen molar-refractivity contribution in [1.82, 2.24) is 4.90 Å². The Morgan fingerprint density at radius 1 is 1.16 bits per heavy atom. The topological polar surface area (TPSA) is 84.3 Å². The molecule has 2 aromatic carbocycles. The molecule has 198 valence electrons. The Labute approximate surface area is 217 Å². The molecule has 8 nitrogen and oxygen atoms in total. The summed E-state index contributed by atoms with van der Waals surface area (Å²) in [5.41, 5.74) is 4.14. The van der Waals surface area contributed by atoms with Gasteiger partial charge in [0.05, 0.1) is 31.5 Å². The second kappa shape index (κ2) is 10.8. The van der Waals surface area contributed by atoms with Crippen molar-refractivity contribution in [3.8, 4) is 23.3 Å². The number of carbonyl (C=O) groups is 1. The molecule has 0 N–H and O–H groups in total. The lowest BCUT2D eigenvalue weighted by atomic mass is 9.94. The Morgan fingerprint density at radius 2 is 1.92 bits per heavy atom. The third-order valence-electron chi connectivity index (χ3n) is 6.60. The number of nitrogens with zero attached hydrogens (tertiary/aromatic N) is 3. The molecule has 37 heavy (non-hydrogen) atoms. The molecule has 0 atom stereocenters. The van der Waals surface area contributed by atoms with Gasteiger partial charge in [-0.3, -0.25) is 0 Å². The molecule has 0 radical (unpaired) electrons. The quantitative estimate of drug-likeness (QED) is 0.579. The largest absolute Gasteiger partial charge is 0.495 e. The van der Waals surface area contributed by atoms with Gasteiger partial charge in [0.2, 0.25) is 0 Å². The van der Waals surface area contributed by atoms with Crippen LogP contribution in [0.15, 0.2) is 18.2 Å². The van der Waals surface area contributed by atoms with Crippen LogP contribution in [0.5, 0.6) is 17.2 Å². The third-order valence-corrected chi connectivity index (χ3v) is 6.60. The molecule has 0 aromatic heterocycles. The van der Waals surface area contributed by atoms with Crippen LogP contribution < -0.4 is 19.1 Å². The van der Waals surface area contributed by atoms with Crippen molar-refractivity contribution in [2.45, 2.75) is 46.1 Å². The van der Waals surface area contributed by atoms with Gasteiger partial charge >= 0.3 is 6.09 Å². The first-order chi connectivity index (χ1) is 17.6. The summed E-state index contributed by atoms with van der Waals surface area (Å²) < 4.78 is 37.0. The molecule has 0 fully saturated rings. The Bertz CT molecular complexity index is 1220. The SMILES string of the molecule is COc1cc(OCCN2CCOc3cc4c(c(C)c32)CCN(C(=O)OC(C)(C)C)CC4)c(F)cc1C#N. The number of hydrogen-bond acceptors (Lipinski definition) is 7. The predicted molar refractivity (Wildman–Crippen MR) is 137 cm³/mol. The van der Waals surface area contributed by atoms with E-state index in [-0.39, 0.29) is 29.8 Å². The molecule has 1 amide bonds. The van der Waals surface area contributed by atoms with Crippen molar-refractivity contribution >= 4 is 11.8 Å². The molecule has 2 aliphatic rings. The van der Waals surface area contributed by atoms with Crippen molar-refractivity contribution in [2.75, 3.05) is 51.4 Å². The highest BCUT2D eigenvalue weighted by Crippen LogP contribution is 2.40. The standard InChI is InChI=1S/C28H34FN3O5/c1-18-21-7-9-32(27(33)37-28(2,3)4)8-6-19(21)15-25-26(18)31(11-13-36-25)10-12-35-24-16-23(34-5)20(17-30)14-22(24)29/h14-16H,6-13H2,1-5H3. The monoisotopic (exact) mass is 511 g/mol. The smallest absolute Gasteiger partial charge is 0.410 e. The molecule has 2 aliphatic heterocycles. The van der Waals surface area contributed by atoms with E-state index in [4.69, 9.17) is 24.2 Å². The second-order valence-corrected chi connectivity index (χ2v) is 10.2. The van der Waals surface area contributed by atoms with E-state index in [2.05, 4.69) is 17.9 Å². The summed E-state index contributed by atoms with van der Waals surface area (Å²) in [6, 6.07) is 6.54. The summed E-state index contributed by atoms with van der Waals surface area (Å²) in [4.78, 5) is 16.6. The molecule has 0 bridgehead atoms. The molecular formula is C28H34FN3O5. The fraction of sp³-hybridized carbons (Fsp3) is 0.500. The highest BCUT2D eigenvalue weighted by Gasteiger charge is 2.29. The van der Waals surface area contributed by atoms with Crippen molar-refractivity contribution < 1.29 is 28.1 Å². The number of anilines is 1. The van der Waals surface area contributed by atoms with E-state index in [1.54, 1.807) is 4.90 Å². The van der Waals surface area contributed by atoms with E-state index >= 15 is 0 Å². The number of nitriles is 1. The summed E-state index contributed by atoms with van der Waals surface area (Å²) in [5, 5.41) is 9.14. The Hall–Kier alpha value is -3.67. The first-order valence-electron chi connectivity index (χ1n) is 12.5. The van der Waals surface area contributed by atoms with Gasteiger partial charge in [0.15, 0.2) is 11.6 Å². The number of amides is 1. The Morgan fingerprint density at radius 3 is 2.62 bits per heavy atom. The maximum atomic E-state index is 14.4. The van der Waals surface area contributed by atoms with Gasteiger partial charge in [-0.05, 0) is 69.4 Å². The van der Waals surface area contributed by atoms with Crippen molar-refractivity contribution in [2.24, 2.45) is 0 Å². The maximum Gasteiger partial charge on any atom is 0.410 e. The summed E-state index contributed by atoms with van der Waals surface area (Å²) in [6.07, 6.45) is 1.17. The molecule has 0 aliphatic carbocycles. The highest BCUT2D eigenvalue weighted by molar-refractivity contribution is 5.71. The summed E-state index contributed by atoms with van der Waals surface area (Å²) in [5.74, 6) is 0.537. The molecule has 2 heterocycles. The maximum absolute atomic E-state index is 14.4. The fourth-order valence-corrected chi connectivity index (χ4v) is 4.85. The van der Waals surface area contributed by atoms with E-state index in [0.717, 1.165) is 35.9 Å². The summed E-state index contributed by atoms with van der Waals surface area (Å²) in [6.45, 7) is 10.9. The van der Waals surface area contributed by atoms with Gasteiger partial charge < -0.3 is 28.7 Å². The second-order valence-electron chi connectivity index (χ2n) is 10.2. The molecule has 0 saturated heterocycles. The average Bonchev–Trinajstić information content (AvgIpc) is 3.07. The summed E-state index contributed by atoms with van der Waals surface area (Å²) >= 11 is 0. The van der Waals surface area contributed by atoms with Crippen molar-refractivity contribution in [3.05, 3.63) is 46.3 Å². The van der Waals surface area contributed by atoms with Gasteiger partial charge in [0.25, 0.3) is 0 Å². The van der Waals surface area contributed by atoms with Crippen LogP contribution >= 0.6 is 0 Å². The van der Waals surface area contributed by atoms with Crippen LogP contribution in [0.3, 0.4) is 0 Å². The normalized spacial score (nSPS) is 15.1.